The van der Waals surface area contributed by atoms with Crippen molar-refractivity contribution in [1.82, 2.24) is 10.2 Å². The zero-order chi connectivity index (χ0) is 14.6. The Kier molecular flexibility index (Phi) is 5.88. The predicted molar refractivity (Wildman–Crippen MR) is 85.1 cm³/mol. The van der Waals surface area contributed by atoms with Crippen LogP contribution in [0.2, 0.25) is 0 Å². The quantitative estimate of drug-likeness (QED) is 0.810. The first kappa shape index (κ1) is 16.3. The van der Waals surface area contributed by atoms with Gasteiger partial charge >= 0.3 is 0 Å². The van der Waals surface area contributed by atoms with Crippen molar-refractivity contribution in [3.8, 4) is 0 Å². The smallest absolute Gasteiger partial charge is 0.0707 e. The molecule has 0 saturated carbocycles. The number of nitrogens with one attached hydrogen (secondary N) is 1. The van der Waals surface area contributed by atoms with E-state index in [2.05, 4.69) is 37.9 Å². The van der Waals surface area contributed by atoms with Gasteiger partial charge in [0.15, 0.2) is 0 Å². The fraction of sp³-hybridized carbons (Fsp3) is 1.00. The minimum absolute atomic E-state index is 0.438. The van der Waals surface area contributed by atoms with Crippen LogP contribution in [-0.4, -0.2) is 49.3 Å². The molecule has 2 unspecified atom stereocenters. The highest BCUT2D eigenvalue weighted by Gasteiger charge is 2.31. The minimum Gasteiger partial charge on any atom is -0.372 e. The van der Waals surface area contributed by atoms with Crippen LogP contribution in [0.3, 0.4) is 0 Å². The van der Waals surface area contributed by atoms with Gasteiger partial charge in [-0.1, -0.05) is 34.1 Å². The molecule has 0 aromatic heterocycles. The zero-order valence-electron chi connectivity index (χ0n) is 14.0. The second-order valence-corrected chi connectivity index (χ2v) is 7.49. The maximum absolute atomic E-state index is 6.19. The number of nitrogens with zero attached hydrogens (tertiary/aromatic N) is 1. The van der Waals surface area contributed by atoms with Crippen LogP contribution >= 0.6 is 0 Å². The van der Waals surface area contributed by atoms with Gasteiger partial charge < -0.3 is 15.0 Å². The largest absolute Gasteiger partial charge is 0.372 e. The Morgan fingerprint density at radius 2 is 1.85 bits per heavy atom. The highest BCUT2D eigenvalue weighted by atomic mass is 16.5. The Labute approximate surface area is 125 Å². The molecular weight excluding hydrogens is 248 g/mol. The molecule has 2 aliphatic heterocycles. The lowest BCUT2D eigenvalue weighted by Crippen LogP contribution is -2.42. The molecule has 0 aromatic rings. The number of likely N-dealkylation sites (tertiary alicyclic amines) is 1. The van der Waals surface area contributed by atoms with Gasteiger partial charge in [-0.2, -0.15) is 0 Å². The topological polar surface area (TPSA) is 24.5 Å². The summed E-state index contributed by atoms with van der Waals surface area (Å²) in [6.07, 6.45) is 7.41. The third-order valence-electron chi connectivity index (χ3n) is 5.33. The van der Waals surface area contributed by atoms with Crippen LogP contribution in [0, 0.1) is 5.41 Å². The maximum Gasteiger partial charge on any atom is 0.0707 e. The molecule has 0 aliphatic carbocycles. The van der Waals surface area contributed by atoms with Crippen LogP contribution < -0.4 is 5.32 Å². The van der Waals surface area contributed by atoms with E-state index in [-0.39, 0.29) is 0 Å². The third kappa shape index (κ3) is 4.71. The van der Waals surface area contributed by atoms with E-state index in [0.29, 0.717) is 23.7 Å². The summed E-state index contributed by atoms with van der Waals surface area (Å²) in [5, 5.41) is 3.49. The Bertz CT molecular complexity index is 285. The lowest BCUT2D eigenvalue weighted by Gasteiger charge is -2.39. The minimum atomic E-state index is 0.438. The average Bonchev–Trinajstić information content (AvgIpc) is 2.87. The zero-order valence-corrected chi connectivity index (χ0v) is 14.0. The summed E-state index contributed by atoms with van der Waals surface area (Å²) in [6.45, 7) is 13.9. The van der Waals surface area contributed by atoms with Gasteiger partial charge in [-0.15, -0.1) is 0 Å². The lowest BCUT2D eigenvalue weighted by atomic mass is 9.78. The summed E-state index contributed by atoms with van der Waals surface area (Å²) < 4.78 is 6.19. The first-order chi connectivity index (χ1) is 9.50. The van der Waals surface area contributed by atoms with Crippen LogP contribution in [0.15, 0.2) is 0 Å². The second kappa shape index (κ2) is 7.24. The van der Waals surface area contributed by atoms with Crippen LogP contribution in [0.1, 0.15) is 59.8 Å². The van der Waals surface area contributed by atoms with E-state index < -0.39 is 0 Å². The molecule has 3 nitrogen and oxygen atoms in total. The molecule has 2 fully saturated rings. The average molecular weight is 282 g/mol. The molecule has 3 heteroatoms. The first-order valence-corrected chi connectivity index (χ1v) is 8.62. The molecule has 2 aliphatic rings. The van der Waals surface area contributed by atoms with Gasteiger partial charge in [0.05, 0.1) is 12.2 Å². The van der Waals surface area contributed by atoms with Gasteiger partial charge in [-0.05, 0) is 44.2 Å². The summed E-state index contributed by atoms with van der Waals surface area (Å²) in [5.41, 5.74) is 0.594. The molecule has 0 spiro atoms. The van der Waals surface area contributed by atoms with Gasteiger partial charge in [0.25, 0.3) is 0 Å². The summed E-state index contributed by atoms with van der Waals surface area (Å²) in [4.78, 5) is 2.63. The van der Waals surface area contributed by atoms with Crippen LogP contribution in [-0.2, 0) is 4.74 Å². The van der Waals surface area contributed by atoms with Crippen LogP contribution in [0.4, 0.5) is 0 Å². The van der Waals surface area contributed by atoms with Gasteiger partial charge in [0.2, 0.25) is 0 Å². The summed E-state index contributed by atoms with van der Waals surface area (Å²) in [6, 6.07) is 0.562. The van der Waals surface area contributed by atoms with Crippen molar-refractivity contribution in [2.45, 2.75) is 78.0 Å². The van der Waals surface area contributed by atoms with Gasteiger partial charge in [-0.3, -0.25) is 0 Å². The molecule has 0 bridgehead atoms. The molecular formula is C17H34N2O. The number of hydrogen-bond donors (Lipinski definition) is 1. The Morgan fingerprint density at radius 3 is 2.45 bits per heavy atom. The Hall–Kier alpha value is -0.120. The molecule has 2 rings (SSSR count). The number of ether oxygens (including phenoxy) is 1. The van der Waals surface area contributed by atoms with Crippen LogP contribution in [0.5, 0.6) is 0 Å². The van der Waals surface area contributed by atoms with Crippen LogP contribution in [0.25, 0.3) is 0 Å². The molecule has 20 heavy (non-hydrogen) atoms. The normalized spacial score (nSPS) is 31.1. The van der Waals surface area contributed by atoms with Crippen molar-refractivity contribution >= 4 is 0 Å². The molecule has 2 atom stereocenters. The summed E-state index contributed by atoms with van der Waals surface area (Å²) in [5.74, 6) is 0. The lowest BCUT2D eigenvalue weighted by molar-refractivity contribution is 0.00868. The maximum atomic E-state index is 6.19. The molecule has 0 radical (unpaired) electrons. The van der Waals surface area contributed by atoms with E-state index in [1.54, 1.807) is 0 Å². The molecule has 0 aromatic carbocycles. The van der Waals surface area contributed by atoms with E-state index >= 15 is 0 Å². The highest BCUT2D eigenvalue weighted by molar-refractivity contribution is 4.84. The van der Waals surface area contributed by atoms with E-state index in [1.807, 2.05) is 0 Å². The summed E-state index contributed by atoms with van der Waals surface area (Å²) >= 11 is 0. The number of piperidine rings is 1. The van der Waals surface area contributed by atoms with Crippen molar-refractivity contribution in [3.63, 3.8) is 0 Å². The first-order valence-electron chi connectivity index (χ1n) is 8.62. The molecule has 1 N–H and O–H groups in total. The predicted octanol–water partition coefficient (Wildman–Crippen LogP) is 3.04. The summed E-state index contributed by atoms with van der Waals surface area (Å²) in [7, 11) is 0. The van der Waals surface area contributed by atoms with Gasteiger partial charge in [0.1, 0.15) is 0 Å². The van der Waals surface area contributed by atoms with E-state index in [1.165, 1.54) is 45.2 Å². The number of rotatable bonds is 6. The fourth-order valence-electron chi connectivity index (χ4n) is 3.35. The van der Waals surface area contributed by atoms with Crippen molar-refractivity contribution in [2.75, 3.05) is 26.2 Å². The Balaban J connectivity index is 1.66. The van der Waals surface area contributed by atoms with Crippen molar-refractivity contribution in [2.24, 2.45) is 5.41 Å². The fourth-order valence-corrected chi connectivity index (χ4v) is 3.35. The van der Waals surface area contributed by atoms with E-state index in [9.17, 15) is 0 Å². The third-order valence-corrected chi connectivity index (χ3v) is 5.33. The highest BCUT2D eigenvalue weighted by Crippen LogP contribution is 2.34. The molecule has 0 amide bonds. The molecule has 2 heterocycles. The molecule has 2 saturated heterocycles. The standard InChI is InChI=1S/C17H34N2O/c1-5-17(4)8-10-19(11-9-17)13-16-7-6-15(20-16)12-18-14(2)3/h14-16,18H,5-13H2,1-4H3. The second-order valence-electron chi connectivity index (χ2n) is 7.49. The van der Waals surface area contributed by atoms with Gasteiger partial charge in [0, 0.05) is 19.1 Å². The van der Waals surface area contributed by atoms with Crippen molar-refractivity contribution in [1.29, 1.82) is 0 Å². The SMILES string of the molecule is CCC1(C)CCN(CC2CCC(CNC(C)C)O2)CC1. The van der Waals surface area contributed by atoms with E-state index in [4.69, 9.17) is 4.74 Å². The van der Waals surface area contributed by atoms with Gasteiger partial charge in [-0.25, -0.2) is 0 Å². The van der Waals surface area contributed by atoms with Crippen molar-refractivity contribution in [3.05, 3.63) is 0 Å². The Morgan fingerprint density at radius 1 is 1.20 bits per heavy atom. The van der Waals surface area contributed by atoms with E-state index in [0.717, 1.165) is 13.1 Å². The number of hydrogen-bond acceptors (Lipinski definition) is 3. The van der Waals surface area contributed by atoms with Crippen molar-refractivity contribution < 1.29 is 4.74 Å². The monoisotopic (exact) mass is 282 g/mol. The molecule has 118 valence electrons.